The van der Waals surface area contributed by atoms with Crippen molar-refractivity contribution in [3.8, 4) is 5.75 Å². The van der Waals surface area contributed by atoms with Crippen molar-refractivity contribution in [2.45, 2.75) is 25.0 Å². The maximum absolute atomic E-state index is 13.7. The lowest BCUT2D eigenvalue weighted by molar-refractivity contribution is 0.0760. The number of rotatable bonds is 1. The highest BCUT2D eigenvalue weighted by molar-refractivity contribution is 8.00. The third-order valence-electron chi connectivity index (χ3n) is 3.31. The summed E-state index contributed by atoms with van der Waals surface area (Å²) < 4.78 is 13.9. The quantitative estimate of drug-likeness (QED) is 0.861. The first kappa shape index (κ1) is 14.2. The van der Waals surface area contributed by atoms with E-state index in [0.29, 0.717) is 13.1 Å². The highest BCUT2D eigenvalue weighted by atomic mass is 32.2. The molecule has 1 fully saturated rings. The summed E-state index contributed by atoms with van der Waals surface area (Å²) in [6.07, 6.45) is 0.892. The van der Waals surface area contributed by atoms with Gasteiger partial charge in [0, 0.05) is 29.7 Å². The molecule has 1 N–H and O–H groups in total. The zero-order valence-corrected chi connectivity index (χ0v) is 12.0. The van der Waals surface area contributed by atoms with Gasteiger partial charge >= 0.3 is 0 Å². The zero-order chi connectivity index (χ0) is 14.0. The van der Waals surface area contributed by atoms with E-state index in [2.05, 4.69) is 13.8 Å². The number of thioether (sulfide) groups is 1. The Kier molecular flexibility index (Phi) is 4.04. The van der Waals surface area contributed by atoms with Crippen LogP contribution in [0.5, 0.6) is 5.75 Å². The topological polar surface area (TPSA) is 40.5 Å². The molecule has 2 rings (SSSR count). The lowest BCUT2D eigenvalue weighted by atomic mass is 10.1. The van der Waals surface area contributed by atoms with Crippen LogP contribution in [0.1, 0.15) is 30.6 Å². The van der Waals surface area contributed by atoms with E-state index in [9.17, 15) is 14.3 Å². The summed E-state index contributed by atoms with van der Waals surface area (Å²) in [6.45, 7) is 5.59. The van der Waals surface area contributed by atoms with Crippen LogP contribution >= 0.6 is 11.8 Å². The summed E-state index contributed by atoms with van der Waals surface area (Å²) in [4.78, 5) is 14.0. The summed E-state index contributed by atoms with van der Waals surface area (Å²) in [5, 5.41) is 9.18. The van der Waals surface area contributed by atoms with E-state index in [1.807, 2.05) is 11.8 Å². The molecule has 0 atom stereocenters. The summed E-state index contributed by atoms with van der Waals surface area (Å²) in [5.41, 5.74) is 0.0301. The molecule has 5 heteroatoms. The molecule has 0 unspecified atom stereocenters. The van der Waals surface area contributed by atoms with Crippen molar-refractivity contribution in [2.75, 3.05) is 18.8 Å². The number of phenols is 1. The first-order valence-electron chi connectivity index (χ1n) is 6.31. The molecule has 1 aromatic rings. The van der Waals surface area contributed by atoms with Crippen LogP contribution in [-0.2, 0) is 0 Å². The minimum atomic E-state index is -0.666. The number of phenolic OH excluding ortho intramolecular Hbond substituents is 1. The standard InChI is InChI=1S/C14H18FNO2S/c1-14(2)5-6-16(7-8-19-14)13(18)11-4-3-10(17)9-12(11)15/h3-4,9,17H,5-8H2,1-2H3. The first-order chi connectivity index (χ1) is 8.89. The highest BCUT2D eigenvalue weighted by Crippen LogP contribution is 2.31. The van der Waals surface area contributed by atoms with Crippen LogP contribution in [0.15, 0.2) is 18.2 Å². The molecule has 1 amide bonds. The molecule has 1 aliphatic heterocycles. The van der Waals surface area contributed by atoms with E-state index in [-0.39, 0.29) is 22.0 Å². The van der Waals surface area contributed by atoms with Crippen molar-refractivity contribution in [3.63, 3.8) is 0 Å². The molecule has 1 heterocycles. The number of nitrogens with zero attached hydrogens (tertiary/aromatic N) is 1. The molecule has 0 bridgehead atoms. The van der Waals surface area contributed by atoms with Crippen molar-refractivity contribution in [1.82, 2.24) is 4.90 Å². The fourth-order valence-electron chi connectivity index (χ4n) is 2.07. The number of amides is 1. The number of aromatic hydroxyl groups is 1. The van der Waals surface area contributed by atoms with Crippen LogP contribution in [0, 0.1) is 5.82 Å². The van der Waals surface area contributed by atoms with E-state index in [1.165, 1.54) is 12.1 Å². The van der Waals surface area contributed by atoms with Crippen molar-refractivity contribution in [3.05, 3.63) is 29.6 Å². The fraction of sp³-hybridized carbons (Fsp3) is 0.500. The van der Waals surface area contributed by atoms with Gasteiger partial charge in [-0.1, -0.05) is 13.8 Å². The van der Waals surface area contributed by atoms with Crippen LogP contribution in [0.3, 0.4) is 0 Å². The minimum Gasteiger partial charge on any atom is -0.508 e. The van der Waals surface area contributed by atoms with E-state index in [0.717, 1.165) is 18.2 Å². The van der Waals surface area contributed by atoms with Gasteiger partial charge in [0.2, 0.25) is 0 Å². The summed E-state index contributed by atoms with van der Waals surface area (Å²) in [6, 6.07) is 3.66. The molecule has 1 saturated heterocycles. The lowest BCUT2D eigenvalue weighted by Gasteiger charge is -2.23. The molecule has 3 nitrogen and oxygen atoms in total. The summed E-state index contributed by atoms with van der Waals surface area (Å²) in [7, 11) is 0. The molecule has 0 radical (unpaired) electrons. The van der Waals surface area contributed by atoms with Crippen molar-refractivity contribution >= 4 is 17.7 Å². The average molecular weight is 283 g/mol. The van der Waals surface area contributed by atoms with E-state index in [4.69, 9.17) is 0 Å². The van der Waals surface area contributed by atoms with Crippen molar-refractivity contribution in [2.24, 2.45) is 0 Å². The second-order valence-electron chi connectivity index (χ2n) is 5.31. The predicted octanol–water partition coefficient (Wildman–Crippen LogP) is 2.89. The Balaban J connectivity index is 2.15. The van der Waals surface area contributed by atoms with Gasteiger partial charge < -0.3 is 10.0 Å². The maximum Gasteiger partial charge on any atom is 0.256 e. The molecule has 1 aliphatic rings. The van der Waals surface area contributed by atoms with Gasteiger partial charge in [-0.2, -0.15) is 11.8 Å². The maximum atomic E-state index is 13.7. The van der Waals surface area contributed by atoms with Crippen LogP contribution < -0.4 is 0 Å². The number of hydrogen-bond acceptors (Lipinski definition) is 3. The van der Waals surface area contributed by atoms with Crippen LogP contribution in [0.4, 0.5) is 4.39 Å². The molecule has 19 heavy (non-hydrogen) atoms. The van der Waals surface area contributed by atoms with Crippen LogP contribution in [0.25, 0.3) is 0 Å². The molecule has 0 spiro atoms. The Morgan fingerprint density at radius 3 is 2.84 bits per heavy atom. The van der Waals surface area contributed by atoms with Gasteiger partial charge in [-0.05, 0) is 18.6 Å². The Hall–Kier alpha value is -1.23. The predicted molar refractivity (Wildman–Crippen MR) is 75.1 cm³/mol. The molecule has 104 valence electrons. The molecule has 0 saturated carbocycles. The Labute approximate surface area is 116 Å². The Morgan fingerprint density at radius 1 is 1.42 bits per heavy atom. The fourth-order valence-corrected chi connectivity index (χ4v) is 3.17. The van der Waals surface area contributed by atoms with Gasteiger partial charge in [-0.25, -0.2) is 4.39 Å². The smallest absolute Gasteiger partial charge is 0.256 e. The summed E-state index contributed by atoms with van der Waals surface area (Å²) >= 11 is 1.84. The zero-order valence-electron chi connectivity index (χ0n) is 11.1. The van der Waals surface area contributed by atoms with Gasteiger partial charge in [-0.3, -0.25) is 4.79 Å². The van der Waals surface area contributed by atoms with Gasteiger partial charge in [0.15, 0.2) is 0 Å². The van der Waals surface area contributed by atoms with Crippen LogP contribution in [0.2, 0.25) is 0 Å². The second kappa shape index (κ2) is 5.41. The molecular weight excluding hydrogens is 265 g/mol. The van der Waals surface area contributed by atoms with E-state index in [1.54, 1.807) is 4.90 Å². The number of benzene rings is 1. The monoisotopic (exact) mass is 283 g/mol. The lowest BCUT2D eigenvalue weighted by Crippen LogP contribution is -2.34. The van der Waals surface area contributed by atoms with E-state index >= 15 is 0 Å². The molecular formula is C14H18FNO2S. The SMILES string of the molecule is CC1(C)CCN(C(=O)c2ccc(O)cc2F)CCS1. The van der Waals surface area contributed by atoms with Gasteiger partial charge in [0.05, 0.1) is 5.56 Å². The number of halogens is 1. The van der Waals surface area contributed by atoms with Crippen LogP contribution in [-0.4, -0.2) is 39.5 Å². The van der Waals surface area contributed by atoms with Gasteiger partial charge in [0.25, 0.3) is 5.91 Å². The molecule has 1 aromatic carbocycles. The normalized spacial score (nSPS) is 19.0. The van der Waals surface area contributed by atoms with E-state index < -0.39 is 5.82 Å². The Morgan fingerprint density at radius 2 is 2.16 bits per heavy atom. The van der Waals surface area contributed by atoms with Gasteiger partial charge in [-0.15, -0.1) is 0 Å². The minimum absolute atomic E-state index is 0.0301. The first-order valence-corrected chi connectivity index (χ1v) is 7.29. The second-order valence-corrected chi connectivity index (χ2v) is 7.12. The largest absolute Gasteiger partial charge is 0.508 e. The third-order valence-corrected chi connectivity index (χ3v) is 4.68. The van der Waals surface area contributed by atoms with Crippen molar-refractivity contribution < 1.29 is 14.3 Å². The summed E-state index contributed by atoms with van der Waals surface area (Å²) in [5.74, 6) is -0.267. The highest BCUT2D eigenvalue weighted by Gasteiger charge is 2.27. The molecule has 0 aliphatic carbocycles. The van der Waals surface area contributed by atoms with Crippen molar-refractivity contribution in [1.29, 1.82) is 0 Å². The number of carbonyl (C=O) groups excluding carboxylic acids is 1. The average Bonchev–Trinajstić information content (AvgIpc) is 2.49. The van der Waals surface area contributed by atoms with Gasteiger partial charge in [0.1, 0.15) is 11.6 Å². The number of hydrogen-bond donors (Lipinski definition) is 1. The number of carbonyl (C=O) groups is 1. The third kappa shape index (κ3) is 3.41. The Bertz CT molecular complexity index is 490. The molecule has 0 aromatic heterocycles.